The largest absolute Gasteiger partial charge is 0.386 e. The molecule has 0 aliphatic carbocycles. The van der Waals surface area contributed by atoms with Crippen molar-refractivity contribution in [3.8, 4) is 0 Å². The zero-order valence-corrected chi connectivity index (χ0v) is 6.94. The average molecular weight is 168 g/mol. The lowest BCUT2D eigenvalue weighted by Crippen LogP contribution is -2.45. The van der Waals surface area contributed by atoms with Crippen molar-refractivity contribution in [1.29, 1.82) is 0 Å². The molecular weight excluding hydrogens is 156 g/mol. The number of hydrogen-bond acceptors (Lipinski definition) is 4. The predicted molar refractivity (Wildman–Crippen MR) is 42.3 cm³/mol. The second-order valence-electron chi connectivity index (χ2n) is 3.15. The normalized spacial score (nSPS) is 20.5. The van der Waals surface area contributed by atoms with Gasteiger partial charge in [0.25, 0.3) is 0 Å². The predicted octanol–water partition coefficient (Wildman–Crippen LogP) is -0.932. The van der Waals surface area contributed by atoms with Gasteiger partial charge < -0.3 is 10.4 Å². The van der Waals surface area contributed by atoms with Crippen molar-refractivity contribution in [3.05, 3.63) is 11.9 Å². The van der Waals surface area contributed by atoms with E-state index in [1.165, 1.54) is 0 Å². The van der Waals surface area contributed by atoms with Crippen molar-refractivity contribution in [2.45, 2.75) is 6.10 Å². The lowest BCUT2D eigenvalue weighted by Gasteiger charge is -2.31. The Labute approximate surface area is 70.4 Å². The lowest BCUT2D eigenvalue weighted by atomic mass is 9.94. The Balaban J connectivity index is 2.13. The van der Waals surface area contributed by atoms with E-state index in [4.69, 9.17) is 0 Å². The Hall–Kier alpha value is -0.940. The second-order valence-corrected chi connectivity index (χ2v) is 3.15. The van der Waals surface area contributed by atoms with Crippen LogP contribution in [-0.4, -0.2) is 33.2 Å². The van der Waals surface area contributed by atoms with Gasteiger partial charge in [-0.15, -0.1) is 5.10 Å². The molecule has 2 heterocycles. The van der Waals surface area contributed by atoms with Gasteiger partial charge in [0.1, 0.15) is 6.10 Å². The monoisotopic (exact) mass is 168 g/mol. The molecule has 0 amide bonds. The van der Waals surface area contributed by atoms with Gasteiger partial charge in [-0.25, -0.2) is 4.68 Å². The van der Waals surface area contributed by atoms with Gasteiger partial charge >= 0.3 is 0 Å². The summed E-state index contributed by atoms with van der Waals surface area (Å²) >= 11 is 0. The highest BCUT2D eigenvalue weighted by Gasteiger charge is 2.28. The molecule has 66 valence electrons. The molecule has 1 aliphatic rings. The van der Waals surface area contributed by atoms with Crippen LogP contribution in [0, 0.1) is 5.92 Å². The molecule has 1 aromatic rings. The van der Waals surface area contributed by atoms with E-state index in [9.17, 15) is 5.11 Å². The van der Waals surface area contributed by atoms with Gasteiger partial charge in [0.2, 0.25) is 0 Å². The first kappa shape index (κ1) is 7.70. The van der Waals surface area contributed by atoms with E-state index in [1.807, 2.05) is 0 Å². The first-order valence-electron chi connectivity index (χ1n) is 4.02. The van der Waals surface area contributed by atoms with Crippen molar-refractivity contribution in [2.24, 2.45) is 13.0 Å². The molecule has 0 saturated carbocycles. The Morgan fingerprint density at radius 3 is 2.92 bits per heavy atom. The summed E-state index contributed by atoms with van der Waals surface area (Å²) in [6.07, 6.45) is 1.19. The molecule has 1 unspecified atom stereocenters. The number of aliphatic hydroxyl groups excluding tert-OH is 1. The van der Waals surface area contributed by atoms with E-state index in [1.54, 1.807) is 17.9 Å². The summed E-state index contributed by atoms with van der Waals surface area (Å²) in [5, 5.41) is 20.4. The highest BCUT2D eigenvalue weighted by Crippen LogP contribution is 2.23. The third-order valence-electron chi connectivity index (χ3n) is 2.31. The van der Waals surface area contributed by atoms with Crippen molar-refractivity contribution >= 4 is 0 Å². The van der Waals surface area contributed by atoms with Crippen molar-refractivity contribution < 1.29 is 5.11 Å². The number of aliphatic hydroxyl groups is 1. The van der Waals surface area contributed by atoms with Gasteiger partial charge in [-0.1, -0.05) is 5.21 Å². The number of aromatic nitrogens is 3. The van der Waals surface area contributed by atoms with Crippen LogP contribution in [0.3, 0.4) is 0 Å². The van der Waals surface area contributed by atoms with E-state index >= 15 is 0 Å². The van der Waals surface area contributed by atoms with Crippen molar-refractivity contribution in [3.63, 3.8) is 0 Å². The fourth-order valence-corrected chi connectivity index (χ4v) is 1.34. The minimum atomic E-state index is -0.425. The summed E-state index contributed by atoms with van der Waals surface area (Å²) in [5.74, 6) is 0.321. The molecule has 1 aliphatic heterocycles. The summed E-state index contributed by atoms with van der Waals surface area (Å²) in [7, 11) is 1.79. The van der Waals surface area contributed by atoms with Crippen LogP contribution in [0.15, 0.2) is 6.20 Å². The maximum atomic E-state index is 9.77. The summed E-state index contributed by atoms with van der Waals surface area (Å²) in [4.78, 5) is 0. The molecule has 1 saturated heterocycles. The van der Waals surface area contributed by atoms with Crippen LogP contribution in [0.5, 0.6) is 0 Å². The van der Waals surface area contributed by atoms with E-state index in [0.29, 0.717) is 5.92 Å². The SMILES string of the molecule is Cn1nncc1C(O)C1CNC1. The molecule has 0 spiro atoms. The van der Waals surface area contributed by atoms with Crippen LogP contribution in [0.1, 0.15) is 11.8 Å². The standard InChI is InChI=1S/C7H12N4O/c1-11-6(4-9-10-11)7(12)5-2-8-3-5/h4-5,7-8,12H,2-3H2,1H3. The molecule has 2 N–H and O–H groups in total. The quantitative estimate of drug-likeness (QED) is 0.598. The number of hydrogen-bond donors (Lipinski definition) is 2. The number of nitrogens with one attached hydrogen (secondary N) is 1. The van der Waals surface area contributed by atoms with E-state index in [-0.39, 0.29) is 0 Å². The second kappa shape index (κ2) is 2.84. The Kier molecular flexibility index (Phi) is 1.82. The van der Waals surface area contributed by atoms with E-state index in [2.05, 4.69) is 15.6 Å². The summed E-state index contributed by atoms with van der Waals surface area (Å²) in [6.45, 7) is 1.76. The van der Waals surface area contributed by atoms with Crippen LogP contribution < -0.4 is 5.32 Å². The highest BCUT2D eigenvalue weighted by molar-refractivity contribution is 5.02. The first-order chi connectivity index (χ1) is 5.79. The summed E-state index contributed by atoms with van der Waals surface area (Å²) in [5.41, 5.74) is 0.793. The molecule has 1 aromatic heterocycles. The number of aryl methyl sites for hydroxylation is 1. The van der Waals surface area contributed by atoms with Crippen LogP contribution in [0.25, 0.3) is 0 Å². The highest BCUT2D eigenvalue weighted by atomic mass is 16.3. The molecule has 1 fully saturated rings. The molecule has 5 heteroatoms. The van der Waals surface area contributed by atoms with Crippen molar-refractivity contribution in [2.75, 3.05) is 13.1 Å². The van der Waals surface area contributed by atoms with Gasteiger partial charge in [-0.05, 0) is 0 Å². The third-order valence-corrected chi connectivity index (χ3v) is 2.31. The fraction of sp³-hybridized carbons (Fsp3) is 0.714. The maximum absolute atomic E-state index is 9.77. The zero-order valence-electron chi connectivity index (χ0n) is 6.94. The topological polar surface area (TPSA) is 63.0 Å². The summed E-state index contributed by atoms with van der Waals surface area (Å²) in [6, 6.07) is 0. The molecule has 5 nitrogen and oxygen atoms in total. The molecule has 0 radical (unpaired) electrons. The number of rotatable bonds is 2. The van der Waals surface area contributed by atoms with E-state index < -0.39 is 6.10 Å². The number of nitrogens with zero attached hydrogens (tertiary/aromatic N) is 3. The molecule has 1 atom stereocenters. The smallest absolute Gasteiger partial charge is 0.102 e. The van der Waals surface area contributed by atoms with Gasteiger partial charge in [-0.3, -0.25) is 0 Å². The molecule has 0 bridgehead atoms. The van der Waals surface area contributed by atoms with Crippen LogP contribution in [-0.2, 0) is 7.05 Å². The fourth-order valence-electron chi connectivity index (χ4n) is 1.34. The minimum absolute atomic E-state index is 0.321. The van der Waals surface area contributed by atoms with Crippen LogP contribution in [0.4, 0.5) is 0 Å². The Morgan fingerprint density at radius 2 is 2.50 bits per heavy atom. The zero-order chi connectivity index (χ0) is 8.55. The molecule has 0 aromatic carbocycles. The van der Waals surface area contributed by atoms with Crippen LogP contribution in [0.2, 0.25) is 0 Å². The van der Waals surface area contributed by atoms with Gasteiger partial charge in [0, 0.05) is 26.1 Å². The third kappa shape index (κ3) is 1.11. The molecular formula is C7H12N4O. The van der Waals surface area contributed by atoms with E-state index in [0.717, 1.165) is 18.8 Å². The molecule has 2 rings (SSSR count). The maximum Gasteiger partial charge on any atom is 0.102 e. The average Bonchev–Trinajstić information content (AvgIpc) is 2.31. The van der Waals surface area contributed by atoms with Crippen LogP contribution >= 0.6 is 0 Å². The van der Waals surface area contributed by atoms with Gasteiger partial charge in [-0.2, -0.15) is 0 Å². The Morgan fingerprint density at radius 1 is 1.75 bits per heavy atom. The Bertz CT molecular complexity index is 268. The van der Waals surface area contributed by atoms with Gasteiger partial charge in [0.05, 0.1) is 11.9 Å². The minimum Gasteiger partial charge on any atom is -0.386 e. The van der Waals surface area contributed by atoms with Crippen molar-refractivity contribution in [1.82, 2.24) is 20.3 Å². The first-order valence-corrected chi connectivity index (χ1v) is 4.02. The lowest BCUT2D eigenvalue weighted by molar-refractivity contribution is 0.0698. The summed E-state index contributed by atoms with van der Waals surface area (Å²) < 4.78 is 1.61. The van der Waals surface area contributed by atoms with Gasteiger partial charge in [0.15, 0.2) is 0 Å². The molecule has 12 heavy (non-hydrogen) atoms.